The van der Waals surface area contributed by atoms with Crippen molar-refractivity contribution in [3.8, 4) is 0 Å². The van der Waals surface area contributed by atoms with Crippen LogP contribution in [0, 0.1) is 13.1 Å². The van der Waals surface area contributed by atoms with Crippen LogP contribution in [0.4, 0.5) is 0 Å². The van der Waals surface area contributed by atoms with Gasteiger partial charge in [-0.25, -0.2) is 4.98 Å². The first-order valence-corrected chi connectivity index (χ1v) is 3.18. The molecule has 2 nitrogen and oxygen atoms in total. The lowest BCUT2D eigenvalue weighted by molar-refractivity contribution is 1.17. The zero-order valence-electron chi connectivity index (χ0n) is 5.70. The van der Waals surface area contributed by atoms with Crippen LogP contribution in [-0.4, -0.2) is 9.38 Å². The third kappa shape index (κ3) is 0.692. The molecule has 0 amide bonds. The lowest BCUT2D eigenvalue weighted by Gasteiger charge is -1.92. The topological polar surface area (TPSA) is 17.3 Å². The molecule has 0 aliphatic rings. The van der Waals surface area contributed by atoms with Crippen molar-refractivity contribution in [2.45, 2.75) is 6.92 Å². The van der Waals surface area contributed by atoms with E-state index in [2.05, 4.69) is 18.1 Å². The summed E-state index contributed by atoms with van der Waals surface area (Å²) >= 11 is 0. The molecule has 0 bridgehead atoms. The van der Waals surface area contributed by atoms with E-state index in [0.717, 1.165) is 5.65 Å². The van der Waals surface area contributed by atoms with Gasteiger partial charge in [0, 0.05) is 12.4 Å². The highest BCUT2D eigenvalue weighted by molar-refractivity contribution is 5.40. The molecular formula is C8H7N2. The van der Waals surface area contributed by atoms with Crippen molar-refractivity contribution < 1.29 is 0 Å². The first kappa shape index (κ1) is 5.47. The lowest BCUT2D eigenvalue weighted by atomic mass is 10.3. The van der Waals surface area contributed by atoms with E-state index in [0.29, 0.717) is 0 Å². The molecule has 0 atom stereocenters. The number of rotatable bonds is 0. The predicted octanol–water partition coefficient (Wildman–Crippen LogP) is 1.44. The number of hydrogen-bond acceptors (Lipinski definition) is 1. The molecule has 0 aromatic carbocycles. The Bertz CT molecular complexity index is 349. The zero-order chi connectivity index (χ0) is 6.97. The quantitative estimate of drug-likeness (QED) is 0.529. The fraction of sp³-hybridized carbons (Fsp3) is 0.125. The third-order valence-electron chi connectivity index (χ3n) is 1.50. The third-order valence-corrected chi connectivity index (χ3v) is 1.50. The maximum atomic E-state index is 4.02. The van der Waals surface area contributed by atoms with Crippen molar-refractivity contribution >= 4 is 5.65 Å². The summed E-state index contributed by atoms with van der Waals surface area (Å²) in [5, 5.41) is 0. The van der Waals surface area contributed by atoms with Crippen LogP contribution >= 0.6 is 0 Å². The number of pyridine rings is 1. The van der Waals surface area contributed by atoms with E-state index in [-0.39, 0.29) is 0 Å². The molecule has 0 aliphatic carbocycles. The van der Waals surface area contributed by atoms with Gasteiger partial charge in [0.15, 0.2) is 0 Å². The maximum absolute atomic E-state index is 4.02. The zero-order valence-corrected chi connectivity index (χ0v) is 5.70. The molecule has 0 saturated carbocycles. The Hall–Kier alpha value is -1.31. The van der Waals surface area contributed by atoms with E-state index in [1.807, 2.05) is 28.9 Å². The smallest absolute Gasteiger partial charge is 0.137 e. The van der Waals surface area contributed by atoms with Crippen LogP contribution in [0.15, 0.2) is 24.5 Å². The van der Waals surface area contributed by atoms with E-state index in [9.17, 15) is 0 Å². The summed E-state index contributed by atoms with van der Waals surface area (Å²) in [6.07, 6.45) is 6.57. The van der Waals surface area contributed by atoms with Crippen LogP contribution in [0.25, 0.3) is 5.65 Å². The summed E-state index contributed by atoms with van der Waals surface area (Å²) in [5.74, 6) is 0. The molecule has 2 heterocycles. The Morgan fingerprint density at radius 1 is 1.60 bits per heavy atom. The number of imidazole rings is 1. The van der Waals surface area contributed by atoms with E-state index in [4.69, 9.17) is 0 Å². The van der Waals surface area contributed by atoms with Gasteiger partial charge in [0.05, 0.1) is 0 Å². The summed E-state index contributed by atoms with van der Waals surface area (Å²) < 4.78 is 1.94. The number of nitrogens with zero attached hydrogens (tertiary/aromatic N) is 2. The van der Waals surface area contributed by atoms with Crippen LogP contribution in [0.3, 0.4) is 0 Å². The van der Waals surface area contributed by atoms with Crippen LogP contribution in [-0.2, 0) is 0 Å². The van der Waals surface area contributed by atoms with E-state index in [1.165, 1.54) is 5.56 Å². The van der Waals surface area contributed by atoms with Crippen molar-refractivity contribution in [2.24, 2.45) is 0 Å². The van der Waals surface area contributed by atoms with Crippen molar-refractivity contribution in [1.82, 2.24) is 9.38 Å². The van der Waals surface area contributed by atoms with Gasteiger partial charge in [0.2, 0.25) is 0 Å². The monoisotopic (exact) mass is 131 g/mol. The molecule has 0 unspecified atom stereocenters. The molecule has 2 heteroatoms. The average molecular weight is 131 g/mol. The highest BCUT2D eigenvalue weighted by Gasteiger charge is 1.90. The molecule has 1 radical (unpaired) electrons. The Balaban J connectivity index is 2.86. The van der Waals surface area contributed by atoms with Gasteiger partial charge in [-0.3, -0.25) is 0 Å². The molecule has 2 aromatic heterocycles. The molecule has 0 fully saturated rings. The SMILES string of the molecule is Cc1ccn2c[c]nc2c1. The van der Waals surface area contributed by atoms with Crippen molar-refractivity contribution in [3.63, 3.8) is 0 Å². The van der Waals surface area contributed by atoms with Gasteiger partial charge < -0.3 is 4.40 Å². The largest absolute Gasteiger partial charge is 0.306 e. The van der Waals surface area contributed by atoms with Crippen LogP contribution in [0.5, 0.6) is 0 Å². The second-order valence-electron chi connectivity index (χ2n) is 2.34. The second-order valence-corrected chi connectivity index (χ2v) is 2.34. The van der Waals surface area contributed by atoms with E-state index >= 15 is 0 Å². The average Bonchev–Trinajstić information content (AvgIpc) is 2.33. The first-order valence-electron chi connectivity index (χ1n) is 3.18. The van der Waals surface area contributed by atoms with Gasteiger partial charge in [0.1, 0.15) is 11.8 Å². The van der Waals surface area contributed by atoms with E-state index < -0.39 is 0 Å². The Labute approximate surface area is 59.1 Å². The highest BCUT2D eigenvalue weighted by atomic mass is 15.0. The highest BCUT2D eigenvalue weighted by Crippen LogP contribution is 2.02. The summed E-state index contributed by atoms with van der Waals surface area (Å²) in [4.78, 5) is 4.02. The molecule has 0 spiro atoms. The number of aryl methyl sites for hydroxylation is 1. The first-order chi connectivity index (χ1) is 4.86. The van der Waals surface area contributed by atoms with Crippen LogP contribution in [0.1, 0.15) is 5.56 Å². The molecule has 0 N–H and O–H groups in total. The number of hydrogen-bond donors (Lipinski definition) is 0. The molecule has 10 heavy (non-hydrogen) atoms. The molecular weight excluding hydrogens is 124 g/mol. The molecule has 2 aromatic rings. The Morgan fingerprint density at radius 3 is 3.40 bits per heavy atom. The normalized spacial score (nSPS) is 10.5. The minimum absolute atomic E-state index is 0.958. The van der Waals surface area contributed by atoms with Gasteiger partial charge in [-0.2, -0.15) is 0 Å². The summed E-state index contributed by atoms with van der Waals surface area (Å²) in [5.41, 5.74) is 2.19. The van der Waals surface area contributed by atoms with Crippen molar-refractivity contribution in [3.05, 3.63) is 36.3 Å². The fourth-order valence-electron chi connectivity index (χ4n) is 0.957. The molecule has 0 saturated heterocycles. The molecule has 49 valence electrons. The summed E-state index contributed by atoms with van der Waals surface area (Å²) in [6, 6.07) is 4.07. The van der Waals surface area contributed by atoms with Gasteiger partial charge in [-0.15, -0.1) is 0 Å². The molecule has 0 aliphatic heterocycles. The van der Waals surface area contributed by atoms with E-state index in [1.54, 1.807) is 0 Å². The van der Waals surface area contributed by atoms with Gasteiger partial charge in [-0.1, -0.05) is 0 Å². The molecule has 2 rings (SSSR count). The minimum atomic E-state index is 0.958. The van der Waals surface area contributed by atoms with Crippen LogP contribution in [0.2, 0.25) is 0 Å². The predicted molar refractivity (Wildman–Crippen MR) is 38.8 cm³/mol. The number of fused-ring (bicyclic) bond motifs is 1. The van der Waals surface area contributed by atoms with Crippen molar-refractivity contribution in [2.75, 3.05) is 0 Å². The van der Waals surface area contributed by atoms with Crippen LogP contribution < -0.4 is 0 Å². The second kappa shape index (κ2) is 1.84. The summed E-state index contributed by atoms with van der Waals surface area (Å²) in [6.45, 7) is 2.05. The van der Waals surface area contributed by atoms with Gasteiger partial charge in [0.25, 0.3) is 0 Å². The lowest BCUT2D eigenvalue weighted by Crippen LogP contribution is -1.81. The minimum Gasteiger partial charge on any atom is -0.306 e. The fourth-order valence-corrected chi connectivity index (χ4v) is 0.957. The standard InChI is InChI=1S/C8H7N2/c1-7-2-4-10-5-3-9-8(10)6-7/h2,4-6H,1H3. The van der Waals surface area contributed by atoms with Gasteiger partial charge >= 0.3 is 0 Å². The summed E-state index contributed by atoms with van der Waals surface area (Å²) in [7, 11) is 0. The van der Waals surface area contributed by atoms with Gasteiger partial charge in [-0.05, 0) is 24.6 Å². The Kier molecular flexibility index (Phi) is 1.01. The maximum Gasteiger partial charge on any atom is 0.137 e. The van der Waals surface area contributed by atoms with Crippen molar-refractivity contribution in [1.29, 1.82) is 0 Å². The Morgan fingerprint density at radius 2 is 2.50 bits per heavy atom. The number of aromatic nitrogens is 2.